The van der Waals surface area contributed by atoms with Crippen molar-refractivity contribution in [1.82, 2.24) is 9.78 Å². The Balaban J connectivity index is 1.71. The number of hydrogen-bond donors (Lipinski definition) is 2. The molecule has 1 aliphatic carbocycles. The maximum atomic E-state index is 13.3. The lowest BCUT2D eigenvalue weighted by atomic mass is 10.2. The molecule has 1 aliphatic rings. The van der Waals surface area contributed by atoms with E-state index in [4.69, 9.17) is 0 Å². The first-order valence-corrected chi connectivity index (χ1v) is 11.5. The smallest absolute Gasteiger partial charge is 0.265 e. The molecule has 1 aromatic heterocycles. The van der Waals surface area contributed by atoms with Gasteiger partial charge in [-0.15, -0.1) is 0 Å². The van der Waals surface area contributed by atoms with Crippen LogP contribution < -0.4 is 10.0 Å². The normalized spacial score (nSPS) is 14.6. The lowest BCUT2D eigenvalue weighted by Gasteiger charge is -2.10. The van der Waals surface area contributed by atoms with Gasteiger partial charge in [-0.2, -0.15) is 5.10 Å². The molecule has 8 heteroatoms. The SMILES string of the molecule is CC(=O)Nc1cccc(NS(=O)(=O)c2cn(C3CCCC3)nc2-c2ccccc2)c1. The molecule has 30 heavy (non-hydrogen) atoms. The molecule has 1 amide bonds. The van der Waals surface area contributed by atoms with E-state index < -0.39 is 10.0 Å². The first kappa shape index (κ1) is 20.2. The van der Waals surface area contributed by atoms with Crippen LogP contribution >= 0.6 is 0 Å². The summed E-state index contributed by atoms with van der Waals surface area (Å²) in [5, 5.41) is 7.33. The summed E-state index contributed by atoms with van der Waals surface area (Å²) in [6.07, 6.45) is 5.89. The van der Waals surface area contributed by atoms with E-state index in [1.807, 2.05) is 30.3 Å². The van der Waals surface area contributed by atoms with E-state index in [-0.39, 0.29) is 16.8 Å². The molecule has 3 aromatic rings. The van der Waals surface area contributed by atoms with Crippen LogP contribution in [0.15, 0.2) is 65.7 Å². The van der Waals surface area contributed by atoms with Gasteiger partial charge in [-0.3, -0.25) is 14.2 Å². The Morgan fingerprint density at radius 1 is 1.03 bits per heavy atom. The van der Waals surface area contributed by atoms with E-state index in [0.717, 1.165) is 31.2 Å². The van der Waals surface area contributed by atoms with E-state index in [2.05, 4.69) is 15.1 Å². The van der Waals surface area contributed by atoms with Gasteiger partial charge >= 0.3 is 0 Å². The zero-order valence-corrected chi connectivity index (χ0v) is 17.5. The third kappa shape index (κ3) is 4.38. The van der Waals surface area contributed by atoms with Crippen LogP contribution in [0.3, 0.4) is 0 Å². The molecule has 0 saturated heterocycles. The van der Waals surface area contributed by atoms with Crippen molar-refractivity contribution in [1.29, 1.82) is 0 Å². The van der Waals surface area contributed by atoms with Crippen LogP contribution in [0.1, 0.15) is 38.6 Å². The number of amides is 1. The van der Waals surface area contributed by atoms with Crippen LogP contribution in [0.2, 0.25) is 0 Å². The topological polar surface area (TPSA) is 93.1 Å². The Bertz CT molecular complexity index is 1150. The van der Waals surface area contributed by atoms with Crippen molar-refractivity contribution in [3.8, 4) is 11.3 Å². The number of carbonyl (C=O) groups is 1. The predicted octanol–water partition coefficient (Wildman–Crippen LogP) is 4.42. The summed E-state index contributed by atoms with van der Waals surface area (Å²) < 4.78 is 31.0. The highest BCUT2D eigenvalue weighted by Gasteiger charge is 2.27. The number of nitrogens with one attached hydrogen (secondary N) is 2. The van der Waals surface area contributed by atoms with Gasteiger partial charge in [0, 0.05) is 24.4 Å². The molecule has 156 valence electrons. The molecular weight excluding hydrogens is 400 g/mol. The summed E-state index contributed by atoms with van der Waals surface area (Å²) in [7, 11) is -3.89. The molecule has 0 radical (unpaired) electrons. The van der Waals surface area contributed by atoms with Gasteiger partial charge < -0.3 is 5.32 Å². The minimum atomic E-state index is -3.89. The first-order chi connectivity index (χ1) is 14.4. The summed E-state index contributed by atoms with van der Waals surface area (Å²) in [5.74, 6) is -0.223. The van der Waals surface area contributed by atoms with Gasteiger partial charge in [0.25, 0.3) is 10.0 Å². The van der Waals surface area contributed by atoms with Crippen molar-refractivity contribution in [2.24, 2.45) is 0 Å². The van der Waals surface area contributed by atoms with Crippen molar-refractivity contribution >= 4 is 27.3 Å². The molecule has 0 atom stereocenters. The average molecular weight is 425 g/mol. The molecule has 1 heterocycles. The largest absolute Gasteiger partial charge is 0.326 e. The molecule has 1 saturated carbocycles. The number of carbonyl (C=O) groups excluding carboxylic acids is 1. The first-order valence-electron chi connectivity index (χ1n) is 9.97. The highest BCUT2D eigenvalue weighted by molar-refractivity contribution is 7.92. The maximum Gasteiger partial charge on any atom is 0.265 e. The van der Waals surface area contributed by atoms with E-state index >= 15 is 0 Å². The average Bonchev–Trinajstić information content (AvgIpc) is 3.38. The monoisotopic (exact) mass is 424 g/mol. The molecule has 2 aromatic carbocycles. The van der Waals surface area contributed by atoms with Crippen molar-refractivity contribution in [2.45, 2.75) is 43.5 Å². The number of hydrogen-bond acceptors (Lipinski definition) is 4. The van der Waals surface area contributed by atoms with Crippen LogP contribution in [0.5, 0.6) is 0 Å². The number of nitrogens with zero attached hydrogens (tertiary/aromatic N) is 2. The highest BCUT2D eigenvalue weighted by atomic mass is 32.2. The molecule has 0 spiro atoms. The molecule has 2 N–H and O–H groups in total. The summed E-state index contributed by atoms with van der Waals surface area (Å²) in [4.78, 5) is 11.4. The minimum absolute atomic E-state index is 0.144. The van der Waals surface area contributed by atoms with Crippen molar-refractivity contribution < 1.29 is 13.2 Å². The van der Waals surface area contributed by atoms with E-state index in [0.29, 0.717) is 17.1 Å². The van der Waals surface area contributed by atoms with Crippen LogP contribution in [-0.4, -0.2) is 24.1 Å². The lowest BCUT2D eigenvalue weighted by Crippen LogP contribution is -2.14. The van der Waals surface area contributed by atoms with Crippen molar-refractivity contribution in [2.75, 3.05) is 10.0 Å². The van der Waals surface area contributed by atoms with Crippen LogP contribution in [0.25, 0.3) is 11.3 Å². The third-order valence-corrected chi connectivity index (χ3v) is 6.55. The number of sulfonamides is 1. The summed E-state index contributed by atoms with van der Waals surface area (Å²) in [6.45, 7) is 1.40. The molecular formula is C22H24N4O3S. The fourth-order valence-corrected chi connectivity index (χ4v) is 5.00. The Kier molecular flexibility index (Phi) is 5.59. The highest BCUT2D eigenvalue weighted by Crippen LogP contribution is 2.34. The molecule has 0 bridgehead atoms. The van der Waals surface area contributed by atoms with Crippen LogP contribution in [0.4, 0.5) is 11.4 Å². The summed E-state index contributed by atoms with van der Waals surface area (Å²) >= 11 is 0. The molecule has 1 fully saturated rings. The van der Waals surface area contributed by atoms with Gasteiger partial charge in [-0.05, 0) is 31.0 Å². The summed E-state index contributed by atoms with van der Waals surface area (Å²) in [6, 6.07) is 16.2. The van der Waals surface area contributed by atoms with Crippen molar-refractivity contribution in [3.05, 3.63) is 60.8 Å². The van der Waals surface area contributed by atoms with Crippen LogP contribution in [0, 0.1) is 0 Å². The zero-order chi connectivity index (χ0) is 21.1. The Morgan fingerprint density at radius 2 is 1.73 bits per heavy atom. The molecule has 7 nitrogen and oxygen atoms in total. The van der Waals surface area contributed by atoms with E-state index in [9.17, 15) is 13.2 Å². The maximum absolute atomic E-state index is 13.3. The summed E-state index contributed by atoms with van der Waals surface area (Å²) in [5.41, 5.74) is 2.08. The Hall–Kier alpha value is -3.13. The second kappa shape index (κ2) is 8.31. The quantitative estimate of drug-likeness (QED) is 0.612. The third-order valence-electron chi connectivity index (χ3n) is 5.17. The van der Waals surface area contributed by atoms with Gasteiger partial charge in [0.1, 0.15) is 10.6 Å². The fraction of sp³-hybridized carbons (Fsp3) is 0.273. The van der Waals surface area contributed by atoms with Gasteiger partial charge in [0.05, 0.1) is 11.7 Å². The Labute approximate surface area is 176 Å². The van der Waals surface area contributed by atoms with Crippen molar-refractivity contribution in [3.63, 3.8) is 0 Å². The van der Waals surface area contributed by atoms with Gasteiger partial charge in [-0.25, -0.2) is 8.42 Å². The number of benzene rings is 2. The molecule has 0 aliphatic heterocycles. The second-order valence-electron chi connectivity index (χ2n) is 7.49. The van der Waals surface area contributed by atoms with E-state index in [1.165, 1.54) is 6.92 Å². The number of aromatic nitrogens is 2. The minimum Gasteiger partial charge on any atom is -0.326 e. The van der Waals surface area contributed by atoms with Gasteiger partial charge in [0.2, 0.25) is 5.91 Å². The van der Waals surface area contributed by atoms with Gasteiger partial charge in [-0.1, -0.05) is 49.2 Å². The second-order valence-corrected chi connectivity index (χ2v) is 9.14. The zero-order valence-electron chi connectivity index (χ0n) is 16.7. The number of anilines is 2. The number of rotatable bonds is 6. The standard InChI is InChI=1S/C22H24N4O3S/c1-16(27)23-18-10-7-11-19(14-18)25-30(28,29)21-15-26(20-12-5-6-13-20)24-22(21)17-8-3-2-4-9-17/h2-4,7-11,14-15,20,25H,5-6,12-13H2,1H3,(H,23,27). The van der Waals surface area contributed by atoms with E-state index in [1.54, 1.807) is 35.1 Å². The van der Waals surface area contributed by atoms with Crippen LogP contribution in [-0.2, 0) is 14.8 Å². The Morgan fingerprint density at radius 3 is 2.43 bits per heavy atom. The molecule has 0 unspecified atom stereocenters. The molecule has 4 rings (SSSR count). The van der Waals surface area contributed by atoms with Gasteiger partial charge in [0.15, 0.2) is 0 Å². The lowest BCUT2D eigenvalue weighted by molar-refractivity contribution is -0.114. The fourth-order valence-electron chi connectivity index (χ4n) is 3.80. The predicted molar refractivity (Wildman–Crippen MR) is 117 cm³/mol.